The first-order valence-electron chi connectivity index (χ1n) is 11.0. The van der Waals surface area contributed by atoms with Gasteiger partial charge in [0.2, 0.25) is 15.9 Å². The van der Waals surface area contributed by atoms with E-state index in [9.17, 15) is 26.8 Å². The summed E-state index contributed by atoms with van der Waals surface area (Å²) < 4.78 is 59.6. The summed E-state index contributed by atoms with van der Waals surface area (Å²) in [4.78, 5) is 26.7. The number of benzene rings is 2. The maximum Gasteiger partial charge on any atom is 0.273 e. The number of sulfonamides is 1. The summed E-state index contributed by atoms with van der Waals surface area (Å²) in [6.45, 7) is -0.315. The van der Waals surface area contributed by atoms with Crippen LogP contribution in [0.4, 0.5) is 20.2 Å². The third kappa shape index (κ3) is 5.60. The summed E-state index contributed by atoms with van der Waals surface area (Å²) >= 11 is 6.21. The minimum atomic E-state index is -3.68. The number of carbonyl (C=O) groups is 1. The largest absolute Gasteiger partial charge is 0.487 e. The van der Waals surface area contributed by atoms with E-state index in [1.165, 1.54) is 27.8 Å². The number of aromatic nitrogens is 1. The molecule has 0 radical (unpaired) electrons. The summed E-state index contributed by atoms with van der Waals surface area (Å²) in [6.07, 6.45) is 2.49. The Labute approximate surface area is 216 Å². The first-order chi connectivity index (χ1) is 17.5. The van der Waals surface area contributed by atoms with Crippen molar-refractivity contribution in [2.75, 3.05) is 35.7 Å². The number of amides is 1. The molecule has 1 N–H and O–H groups in total. The van der Waals surface area contributed by atoms with Gasteiger partial charge in [0.05, 0.1) is 30.7 Å². The van der Waals surface area contributed by atoms with E-state index in [-0.39, 0.29) is 48.6 Å². The Morgan fingerprint density at radius 3 is 2.57 bits per heavy atom. The Morgan fingerprint density at radius 2 is 1.89 bits per heavy atom. The van der Waals surface area contributed by atoms with Crippen LogP contribution in [0.5, 0.6) is 5.75 Å². The van der Waals surface area contributed by atoms with Crippen LogP contribution in [-0.2, 0) is 28.0 Å². The average molecular weight is 553 g/mol. The van der Waals surface area contributed by atoms with Crippen molar-refractivity contribution in [3.63, 3.8) is 0 Å². The predicted molar refractivity (Wildman–Crippen MR) is 136 cm³/mol. The van der Waals surface area contributed by atoms with Crippen molar-refractivity contribution >= 4 is 38.9 Å². The molecule has 0 spiro atoms. The molecule has 0 unspecified atom stereocenters. The minimum absolute atomic E-state index is 0.0301. The lowest BCUT2D eigenvalue weighted by Gasteiger charge is -2.18. The van der Waals surface area contributed by atoms with Gasteiger partial charge in [0.25, 0.3) is 5.56 Å². The lowest BCUT2D eigenvalue weighted by Crippen LogP contribution is -2.41. The van der Waals surface area contributed by atoms with E-state index in [0.717, 1.165) is 22.7 Å². The van der Waals surface area contributed by atoms with E-state index in [0.29, 0.717) is 16.9 Å². The number of ether oxygens (including phenoxy) is 1. The lowest BCUT2D eigenvalue weighted by atomic mass is 10.1. The maximum atomic E-state index is 13.9. The number of nitrogens with one attached hydrogen (secondary N) is 1. The van der Waals surface area contributed by atoms with Gasteiger partial charge in [-0.2, -0.15) is 0 Å². The number of halogens is 3. The zero-order valence-corrected chi connectivity index (χ0v) is 21.4. The molecule has 4 rings (SSSR count). The Balaban J connectivity index is 1.57. The second-order valence-corrected chi connectivity index (χ2v) is 10.7. The summed E-state index contributed by atoms with van der Waals surface area (Å²) in [6, 6.07) is 9.43. The summed E-state index contributed by atoms with van der Waals surface area (Å²) in [5.41, 5.74) is 0.875. The highest BCUT2D eigenvalue weighted by Crippen LogP contribution is 2.38. The van der Waals surface area contributed by atoms with Crippen LogP contribution in [0.25, 0.3) is 0 Å². The maximum absolute atomic E-state index is 13.9. The molecule has 196 valence electrons. The molecule has 0 saturated heterocycles. The van der Waals surface area contributed by atoms with Crippen LogP contribution in [0.3, 0.4) is 0 Å². The number of likely N-dealkylation sites (N-methyl/N-ethyl adjacent to an activating group) is 1. The van der Waals surface area contributed by atoms with E-state index >= 15 is 0 Å². The fourth-order valence-electron chi connectivity index (χ4n) is 3.88. The first-order valence-corrected chi connectivity index (χ1v) is 13.2. The molecule has 9 nitrogen and oxygen atoms in total. The fourth-order valence-corrected chi connectivity index (χ4v) is 4.93. The summed E-state index contributed by atoms with van der Waals surface area (Å²) in [5.74, 6) is -1.76. The summed E-state index contributed by atoms with van der Waals surface area (Å²) in [5, 5.41) is 2.53. The van der Waals surface area contributed by atoms with Crippen LogP contribution in [-0.4, -0.2) is 45.4 Å². The molecule has 0 bridgehead atoms. The molecule has 3 aromatic rings. The molecule has 2 heterocycles. The second-order valence-electron chi connectivity index (χ2n) is 8.38. The van der Waals surface area contributed by atoms with Gasteiger partial charge >= 0.3 is 0 Å². The molecule has 37 heavy (non-hydrogen) atoms. The Hall–Kier alpha value is -3.48. The highest BCUT2D eigenvalue weighted by Gasteiger charge is 2.34. The van der Waals surface area contributed by atoms with Crippen LogP contribution in [0.2, 0.25) is 5.02 Å². The molecule has 0 atom stereocenters. The van der Waals surface area contributed by atoms with Crippen molar-refractivity contribution in [3.05, 3.63) is 86.8 Å². The molecule has 2 aromatic carbocycles. The van der Waals surface area contributed by atoms with Gasteiger partial charge in [-0.25, -0.2) is 21.5 Å². The van der Waals surface area contributed by atoms with Crippen molar-refractivity contribution in [2.24, 2.45) is 0 Å². The molecule has 0 aliphatic carbocycles. The predicted octanol–water partition coefficient (Wildman–Crippen LogP) is 2.70. The summed E-state index contributed by atoms with van der Waals surface area (Å²) in [7, 11) is -2.06. The van der Waals surface area contributed by atoms with Gasteiger partial charge in [-0.05, 0) is 42.9 Å². The molecule has 1 aliphatic rings. The van der Waals surface area contributed by atoms with E-state index in [4.69, 9.17) is 16.3 Å². The highest BCUT2D eigenvalue weighted by molar-refractivity contribution is 7.92. The zero-order valence-electron chi connectivity index (χ0n) is 19.9. The monoisotopic (exact) mass is 552 g/mol. The molecule has 13 heteroatoms. The molecule has 1 aliphatic heterocycles. The third-order valence-corrected chi connectivity index (χ3v) is 7.18. The number of pyridine rings is 1. The van der Waals surface area contributed by atoms with Crippen molar-refractivity contribution in [1.29, 1.82) is 0 Å². The van der Waals surface area contributed by atoms with Crippen LogP contribution in [0, 0.1) is 11.6 Å². The van der Waals surface area contributed by atoms with Crippen LogP contribution >= 0.6 is 11.6 Å². The van der Waals surface area contributed by atoms with Gasteiger partial charge in [-0.15, -0.1) is 0 Å². The van der Waals surface area contributed by atoms with Gasteiger partial charge in [0.15, 0.2) is 0 Å². The molecular weight excluding hydrogens is 530 g/mol. The Bertz CT molecular complexity index is 1530. The normalized spacial score (nSPS) is 13.1. The SMILES string of the molecule is CNCC(=O)N1CN(S(C)(=O)=O)c2cc(Cn3ccc(OCc4ccc(F)cc4F)c(Cl)c3=O)ccc21. The first kappa shape index (κ1) is 26.6. The topological polar surface area (TPSA) is 101 Å². The van der Waals surface area contributed by atoms with E-state index < -0.39 is 27.2 Å². The number of hydrogen-bond donors (Lipinski definition) is 1. The molecule has 0 saturated carbocycles. The number of nitrogens with zero attached hydrogens (tertiary/aromatic N) is 3. The number of carbonyl (C=O) groups excluding carboxylic acids is 1. The molecule has 1 aromatic heterocycles. The van der Waals surface area contributed by atoms with Crippen molar-refractivity contribution < 1.29 is 26.7 Å². The van der Waals surface area contributed by atoms with Crippen molar-refractivity contribution in [2.45, 2.75) is 13.2 Å². The number of fused-ring (bicyclic) bond motifs is 1. The average Bonchev–Trinajstić information content (AvgIpc) is 3.22. The fraction of sp³-hybridized carbons (Fsp3) is 0.250. The van der Waals surface area contributed by atoms with Gasteiger partial charge in [-0.1, -0.05) is 17.7 Å². The van der Waals surface area contributed by atoms with Crippen molar-refractivity contribution in [3.8, 4) is 5.75 Å². The zero-order chi connectivity index (χ0) is 26.9. The van der Waals surface area contributed by atoms with Gasteiger partial charge in [0.1, 0.15) is 35.7 Å². The number of rotatable bonds is 8. The van der Waals surface area contributed by atoms with Gasteiger partial charge < -0.3 is 14.6 Å². The van der Waals surface area contributed by atoms with E-state index in [2.05, 4.69) is 5.32 Å². The van der Waals surface area contributed by atoms with Crippen LogP contribution in [0.15, 0.2) is 53.5 Å². The minimum Gasteiger partial charge on any atom is -0.487 e. The number of hydrogen-bond acceptors (Lipinski definition) is 6. The van der Waals surface area contributed by atoms with Gasteiger partial charge in [0, 0.05) is 17.8 Å². The Morgan fingerprint density at radius 1 is 1.14 bits per heavy atom. The molecular formula is C24H23ClF2N4O5S. The second kappa shape index (κ2) is 10.5. The lowest BCUT2D eigenvalue weighted by molar-refractivity contribution is -0.117. The number of anilines is 2. The molecule has 0 fully saturated rings. The van der Waals surface area contributed by atoms with E-state index in [1.54, 1.807) is 25.2 Å². The van der Waals surface area contributed by atoms with Crippen LogP contribution < -0.4 is 24.8 Å². The van der Waals surface area contributed by atoms with E-state index in [1.807, 2.05) is 0 Å². The smallest absolute Gasteiger partial charge is 0.273 e. The van der Waals surface area contributed by atoms with Crippen LogP contribution in [0.1, 0.15) is 11.1 Å². The third-order valence-electron chi connectivity index (χ3n) is 5.72. The molecule has 1 amide bonds. The van der Waals surface area contributed by atoms with Crippen molar-refractivity contribution in [1.82, 2.24) is 9.88 Å². The standard InChI is InChI=1S/C24H23ClF2N4O5S/c1-28-11-22(32)30-14-31(37(2,34)35)20-9-15(3-6-19(20)30)12-29-8-7-21(23(25)24(29)33)36-13-16-4-5-17(26)10-18(16)27/h3-10,28H,11-14H2,1-2H3. The van der Waals surface area contributed by atoms with Gasteiger partial charge in [-0.3, -0.25) is 14.5 Å². The highest BCUT2D eigenvalue weighted by atomic mass is 35.5. The quantitative estimate of drug-likeness (QED) is 0.461. The Kier molecular flexibility index (Phi) is 7.53.